The van der Waals surface area contributed by atoms with E-state index in [0.717, 1.165) is 11.1 Å². The molecule has 3 aromatic carbocycles. The number of halogens is 2. The number of nitro benzene ring substituents is 1. The van der Waals surface area contributed by atoms with Crippen molar-refractivity contribution in [1.82, 2.24) is 20.1 Å². The molecule has 0 aliphatic carbocycles. The lowest BCUT2D eigenvalue weighted by atomic mass is 10.1. The third-order valence-corrected chi connectivity index (χ3v) is 7.23. The molecule has 0 aliphatic rings. The van der Waals surface area contributed by atoms with E-state index in [9.17, 15) is 14.9 Å². The van der Waals surface area contributed by atoms with E-state index in [1.54, 1.807) is 35.8 Å². The lowest BCUT2D eigenvalue weighted by molar-refractivity contribution is -0.384. The van der Waals surface area contributed by atoms with Crippen LogP contribution in [0.3, 0.4) is 0 Å². The number of carbonyl (C=O) groups excluding carboxylic acids is 1. The zero-order valence-electron chi connectivity index (χ0n) is 19.3. The fourth-order valence-corrected chi connectivity index (χ4v) is 4.85. The Morgan fingerprint density at radius 3 is 2.47 bits per heavy atom. The van der Waals surface area contributed by atoms with Gasteiger partial charge in [0, 0.05) is 29.1 Å². The summed E-state index contributed by atoms with van der Waals surface area (Å²) in [6.07, 6.45) is 0. The Morgan fingerprint density at radius 1 is 1.08 bits per heavy atom. The molecule has 1 atom stereocenters. The largest absolute Gasteiger partial charge is 0.342 e. The molecule has 8 nitrogen and oxygen atoms in total. The molecule has 1 N–H and O–H groups in total. The maximum Gasteiger partial charge on any atom is 0.269 e. The summed E-state index contributed by atoms with van der Waals surface area (Å²) < 4.78 is 1.80. The second-order valence-electron chi connectivity index (χ2n) is 7.99. The first-order valence-corrected chi connectivity index (χ1v) is 12.6. The highest BCUT2D eigenvalue weighted by Gasteiger charge is 2.22. The molecule has 1 unspecified atom stereocenters. The highest BCUT2D eigenvalue weighted by atomic mass is 35.5. The van der Waals surface area contributed by atoms with Crippen LogP contribution in [0.5, 0.6) is 0 Å². The van der Waals surface area contributed by atoms with Crippen LogP contribution in [-0.2, 0) is 5.75 Å². The van der Waals surface area contributed by atoms with Crippen molar-refractivity contribution < 1.29 is 9.72 Å². The minimum Gasteiger partial charge on any atom is -0.342 e. The van der Waals surface area contributed by atoms with E-state index in [1.165, 1.54) is 30.0 Å². The van der Waals surface area contributed by atoms with Crippen molar-refractivity contribution in [3.05, 3.63) is 109 Å². The maximum absolute atomic E-state index is 12.9. The van der Waals surface area contributed by atoms with Crippen LogP contribution in [0.25, 0.3) is 5.69 Å². The summed E-state index contributed by atoms with van der Waals surface area (Å²) in [5.41, 5.74) is 3.29. The molecule has 0 bridgehead atoms. The van der Waals surface area contributed by atoms with Gasteiger partial charge in [0.15, 0.2) is 11.0 Å². The normalized spacial score (nSPS) is 11.8. The fourth-order valence-electron chi connectivity index (χ4n) is 3.52. The third kappa shape index (κ3) is 5.70. The van der Waals surface area contributed by atoms with Gasteiger partial charge in [-0.2, -0.15) is 0 Å². The Bertz CT molecular complexity index is 1430. The number of aryl methyl sites for hydroxylation is 1. The highest BCUT2D eigenvalue weighted by molar-refractivity contribution is 7.98. The Morgan fingerprint density at radius 2 is 1.81 bits per heavy atom. The Kier molecular flexibility index (Phi) is 7.93. The van der Waals surface area contributed by atoms with E-state index >= 15 is 0 Å². The smallest absolute Gasteiger partial charge is 0.269 e. The van der Waals surface area contributed by atoms with Gasteiger partial charge in [0.05, 0.1) is 21.0 Å². The fraction of sp³-hybridized carbons (Fsp3) is 0.160. The number of nitrogens with one attached hydrogen (secondary N) is 1. The van der Waals surface area contributed by atoms with Gasteiger partial charge in [0.2, 0.25) is 0 Å². The highest BCUT2D eigenvalue weighted by Crippen LogP contribution is 2.29. The number of hydrogen-bond acceptors (Lipinski definition) is 6. The average molecular weight is 542 g/mol. The van der Waals surface area contributed by atoms with Crippen molar-refractivity contribution in [3.8, 4) is 5.69 Å². The van der Waals surface area contributed by atoms with Gasteiger partial charge in [0.1, 0.15) is 0 Å². The molecule has 184 valence electrons. The number of aromatic nitrogens is 3. The molecule has 4 aromatic rings. The average Bonchev–Trinajstić information content (AvgIpc) is 3.29. The topological polar surface area (TPSA) is 103 Å². The van der Waals surface area contributed by atoms with Gasteiger partial charge >= 0.3 is 0 Å². The van der Waals surface area contributed by atoms with Crippen LogP contribution in [-0.4, -0.2) is 25.6 Å². The number of non-ortho nitro benzene ring substituents is 1. The number of amides is 1. The minimum absolute atomic E-state index is 0.0246. The summed E-state index contributed by atoms with van der Waals surface area (Å²) >= 11 is 13.5. The van der Waals surface area contributed by atoms with Crippen molar-refractivity contribution >= 4 is 46.6 Å². The van der Waals surface area contributed by atoms with Crippen molar-refractivity contribution in [2.24, 2.45) is 0 Å². The van der Waals surface area contributed by atoms with E-state index in [-0.39, 0.29) is 16.6 Å². The molecule has 1 aromatic heterocycles. The van der Waals surface area contributed by atoms with E-state index in [1.807, 2.05) is 25.1 Å². The maximum atomic E-state index is 12.9. The van der Waals surface area contributed by atoms with Crippen LogP contribution in [0.4, 0.5) is 5.69 Å². The first kappa shape index (κ1) is 25.7. The SMILES string of the molecule is Cc1ccccc1CSc1nnc(C(C)NC(=O)c2ccc(Cl)c(Cl)c2)n1-c1ccc([N+](=O)[O-])cc1. The predicted molar refractivity (Wildman–Crippen MR) is 141 cm³/mol. The lowest BCUT2D eigenvalue weighted by Crippen LogP contribution is -2.28. The summed E-state index contributed by atoms with van der Waals surface area (Å²) in [5.74, 6) is 0.778. The molecular formula is C25H21Cl2N5O3S. The van der Waals surface area contributed by atoms with Gasteiger partial charge in [-0.05, 0) is 55.3 Å². The predicted octanol–water partition coefficient (Wildman–Crippen LogP) is 6.57. The van der Waals surface area contributed by atoms with Crippen LogP contribution in [0.2, 0.25) is 10.0 Å². The molecule has 0 fully saturated rings. The molecule has 11 heteroatoms. The minimum atomic E-state index is -0.539. The first-order chi connectivity index (χ1) is 17.2. The number of thioether (sulfide) groups is 1. The molecule has 0 spiro atoms. The Hall–Kier alpha value is -3.40. The van der Waals surface area contributed by atoms with Gasteiger partial charge in [-0.15, -0.1) is 10.2 Å². The zero-order valence-corrected chi connectivity index (χ0v) is 21.6. The van der Waals surface area contributed by atoms with Crippen LogP contribution < -0.4 is 5.32 Å². The zero-order chi connectivity index (χ0) is 25.8. The lowest BCUT2D eigenvalue weighted by Gasteiger charge is -2.16. The first-order valence-electron chi connectivity index (χ1n) is 10.9. The molecule has 0 radical (unpaired) electrons. The Balaban J connectivity index is 1.65. The molecule has 0 saturated carbocycles. The van der Waals surface area contributed by atoms with Crippen molar-refractivity contribution in [3.63, 3.8) is 0 Å². The standard InChI is InChI=1S/C25H21Cl2N5O3S/c1-15-5-3-4-6-18(15)14-36-25-30-29-23(31(25)19-8-10-20(11-9-19)32(34)35)16(2)28-24(33)17-7-12-21(26)22(27)13-17/h3-13,16H,14H2,1-2H3,(H,28,33). The second kappa shape index (κ2) is 11.1. The van der Waals surface area contributed by atoms with Gasteiger partial charge < -0.3 is 5.32 Å². The number of nitro groups is 1. The van der Waals surface area contributed by atoms with Gasteiger partial charge in [0.25, 0.3) is 11.6 Å². The van der Waals surface area contributed by atoms with Gasteiger partial charge in [-0.25, -0.2) is 0 Å². The molecule has 36 heavy (non-hydrogen) atoms. The van der Waals surface area contributed by atoms with Crippen molar-refractivity contribution in [2.45, 2.75) is 30.8 Å². The van der Waals surface area contributed by atoms with Crippen LogP contribution in [0.1, 0.15) is 40.3 Å². The third-order valence-electron chi connectivity index (χ3n) is 5.51. The summed E-state index contributed by atoms with van der Waals surface area (Å²) in [6.45, 7) is 3.83. The van der Waals surface area contributed by atoms with Crippen LogP contribution in [0.15, 0.2) is 71.9 Å². The molecule has 1 heterocycles. The molecule has 1 amide bonds. The van der Waals surface area contributed by atoms with Gasteiger partial charge in [-0.3, -0.25) is 19.5 Å². The number of benzene rings is 3. The molecule has 0 saturated heterocycles. The Labute approximate surface area is 221 Å². The van der Waals surface area contributed by atoms with E-state index in [4.69, 9.17) is 23.2 Å². The van der Waals surface area contributed by atoms with E-state index < -0.39 is 11.0 Å². The van der Waals surface area contributed by atoms with Crippen molar-refractivity contribution in [2.75, 3.05) is 0 Å². The van der Waals surface area contributed by atoms with Crippen molar-refractivity contribution in [1.29, 1.82) is 0 Å². The quantitative estimate of drug-likeness (QED) is 0.153. The van der Waals surface area contributed by atoms with Gasteiger partial charge in [-0.1, -0.05) is 59.2 Å². The van der Waals surface area contributed by atoms with E-state index in [2.05, 4.69) is 21.6 Å². The number of carbonyl (C=O) groups is 1. The van der Waals surface area contributed by atoms with E-state index in [0.29, 0.717) is 33.0 Å². The molecule has 4 rings (SSSR count). The molecule has 0 aliphatic heterocycles. The van der Waals surface area contributed by atoms with Crippen LogP contribution >= 0.6 is 35.0 Å². The number of rotatable bonds is 8. The summed E-state index contributed by atoms with van der Waals surface area (Å²) in [5, 5.41) is 24.0. The summed E-state index contributed by atoms with van der Waals surface area (Å²) in [6, 6.07) is 18.3. The monoisotopic (exact) mass is 541 g/mol. The molecular weight excluding hydrogens is 521 g/mol. The second-order valence-corrected chi connectivity index (χ2v) is 9.75. The summed E-state index contributed by atoms with van der Waals surface area (Å²) in [7, 11) is 0. The summed E-state index contributed by atoms with van der Waals surface area (Å²) in [4.78, 5) is 23.5. The van der Waals surface area contributed by atoms with Crippen LogP contribution in [0, 0.1) is 17.0 Å². The number of nitrogens with zero attached hydrogens (tertiary/aromatic N) is 4. The number of hydrogen-bond donors (Lipinski definition) is 1.